The van der Waals surface area contributed by atoms with E-state index in [1.165, 1.54) is 0 Å². The Labute approximate surface area is 85.9 Å². The molecule has 0 aliphatic heterocycles. The number of rotatable bonds is 5. The first-order valence-electron chi connectivity index (χ1n) is 3.48. The van der Waals surface area contributed by atoms with E-state index in [4.69, 9.17) is 30.6 Å². The average molecular weight is 246 g/mol. The molecule has 0 fully saturated rings. The molecule has 0 amide bonds. The van der Waals surface area contributed by atoms with E-state index in [1.807, 2.05) is 0 Å². The number of hydrogen-bond donors (Lipinski definition) is 6. The van der Waals surface area contributed by atoms with Gasteiger partial charge in [-0.15, -0.1) is 0 Å². The molecule has 0 unspecified atom stereocenters. The van der Waals surface area contributed by atoms with E-state index in [0.29, 0.717) is 0 Å². The minimum Gasteiger partial charge on any atom is -0.394 e. The van der Waals surface area contributed by atoms with Crippen molar-refractivity contribution in [2.24, 2.45) is 0 Å². The van der Waals surface area contributed by atoms with E-state index in [1.54, 1.807) is 0 Å². The summed E-state index contributed by atoms with van der Waals surface area (Å²) in [6.07, 6.45) is -6.39. The van der Waals surface area contributed by atoms with Crippen molar-refractivity contribution in [2.75, 3.05) is 13.2 Å². The molecular formula is C6H14CuO6. The van der Waals surface area contributed by atoms with Crippen molar-refractivity contribution in [2.45, 2.75) is 24.4 Å². The standard InChI is InChI=1S/C6H14O6.Cu/c7-1-3(9)5(11)6(12)4(10)2-8;/h3-12H,1-2H2;/t3-,4-,5-,6-;/m1./s1. The number of hydrogen-bond acceptors (Lipinski definition) is 6. The van der Waals surface area contributed by atoms with E-state index >= 15 is 0 Å². The van der Waals surface area contributed by atoms with Gasteiger partial charge in [-0.05, 0) is 0 Å². The second-order valence-corrected chi connectivity index (χ2v) is 2.48. The summed E-state index contributed by atoms with van der Waals surface area (Å²) in [6.45, 7) is -1.45. The van der Waals surface area contributed by atoms with Gasteiger partial charge in [0.15, 0.2) is 0 Å². The Morgan fingerprint density at radius 2 is 0.923 bits per heavy atom. The average Bonchev–Trinajstić information content (AvgIpc) is 2.12. The molecule has 7 heteroatoms. The molecule has 6 N–H and O–H groups in total. The summed E-state index contributed by atoms with van der Waals surface area (Å²) in [6, 6.07) is 0. The van der Waals surface area contributed by atoms with Gasteiger partial charge in [-0.3, -0.25) is 0 Å². The minimum atomic E-state index is -1.67. The fourth-order valence-corrected chi connectivity index (χ4v) is 0.671. The number of aliphatic hydroxyl groups is 6. The van der Waals surface area contributed by atoms with Crippen LogP contribution < -0.4 is 0 Å². The van der Waals surface area contributed by atoms with Crippen LogP contribution >= 0.6 is 0 Å². The first-order chi connectivity index (χ1) is 5.54. The maximum Gasteiger partial charge on any atom is 0.111 e. The second kappa shape index (κ2) is 7.66. The van der Waals surface area contributed by atoms with Crippen LogP contribution in [0.1, 0.15) is 0 Å². The summed E-state index contributed by atoms with van der Waals surface area (Å²) in [4.78, 5) is 0. The third-order valence-electron chi connectivity index (χ3n) is 1.51. The normalized spacial score (nSPS) is 19.8. The van der Waals surface area contributed by atoms with Crippen LogP contribution in [0.15, 0.2) is 0 Å². The molecule has 13 heavy (non-hydrogen) atoms. The molecule has 0 saturated carbocycles. The van der Waals surface area contributed by atoms with Crippen LogP contribution in [0.4, 0.5) is 0 Å². The Morgan fingerprint density at radius 3 is 1.08 bits per heavy atom. The van der Waals surface area contributed by atoms with Crippen molar-refractivity contribution < 1.29 is 47.7 Å². The topological polar surface area (TPSA) is 121 Å². The summed E-state index contributed by atoms with van der Waals surface area (Å²) >= 11 is 0. The van der Waals surface area contributed by atoms with Crippen molar-refractivity contribution in [1.82, 2.24) is 0 Å². The van der Waals surface area contributed by atoms with Crippen molar-refractivity contribution >= 4 is 0 Å². The van der Waals surface area contributed by atoms with E-state index < -0.39 is 37.6 Å². The molecule has 0 heterocycles. The monoisotopic (exact) mass is 245 g/mol. The van der Waals surface area contributed by atoms with Gasteiger partial charge in [0, 0.05) is 17.1 Å². The zero-order chi connectivity index (χ0) is 9.72. The zero-order valence-electron chi connectivity index (χ0n) is 6.71. The summed E-state index contributed by atoms with van der Waals surface area (Å²) in [5, 5.41) is 52.2. The van der Waals surface area contributed by atoms with Gasteiger partial charge in [0.1, 0.15) is 24.4 Å². The zero-order valence-corrected chi connectivity index (χ0v) is 7.65. The SMILES string of the molecule is OC[C@@H](O)[C@@H](O)[C@H](O)[C@H](O)CO.[Cu]. The Kier molecular flexibility index (Phi) is 9.28. The maximum atomic E-state index is 8.96. The molecular weight excluding hydrogens is 232 g/mol. The van der Waals surface area contributed by atoms with Crippen LogP contribution in [0.3, 0.4) is 0 Å². The van der Waals surface area contributed by atoms with Gasteiger partial charge in [-0.25, -0.2) is 0 Å². The smallest absolute Gasteiger partial charge is 0.111 e. The Bertz CT molecular complexity index is 110. The van der Waals surface area contributed by atoms with Crippen molar-refractivity contribution in [3.05, 3.63) is 0 Å². The first kappa shape index (κ1) is 15.7. The molecule has 0 aromatic heterocycles. The van der Waals surface area contributed by atoms with Crippen LogP contribution in [0.5, 0.6) is 0 Å². The molecule has 0 spiro atoms. The van der Waals surface area contributed by atoms with Gasteiger partial charge < -0.3 is 30.6 Å². The van der Waals surface area contributed by atoms with Crippen molar-refractivity contribution in [3.63, 3.8) is 0 Å². The Balaban J connectivity index is 0. The summed E-state index contributed by atoms with van der Waals surface area (Å²) in [7, 11) is 0. The van der Waals surface area contributed by atoms with Gasteiger partial charge in [0.2, 0.25) is 0 Å². The summed E-state index contributed by atoms with van der Waals surface area (Å²) in [5.74, 6) is 0. The van der Waals surface area contributed by atoms with Gasteiger partial charge in [0.05, 0.1) is 13.2 Å². The van der Waals surface area contributed by atoms with E-state index in [0.717, 1.165) is 0 Å². The molecule has 0 aromatic carbocycles. The summed E-state index contributed by atoms with van der Waals surface area (Å²) in [5.41, 5.74) is 0. The van der Waals surface area contributed by atoms with Crippen LogP contribution in [-0.4, -0.2) is 68.3 Å². The first-order valence-corrected chi connectivity index (χ1v) is 3.48. The van der Waals surface area contributed by atoms with Crippen LogP contribution in [0, 0.1) is 0 Å². The quantitative estimate of drug-likeness (QED) is 0.279. The van der Waals surface area contributed by atoms with Crippen LogP contribution in [0.25, 0.3) is 0 Å². The van der Waals surface area contributed by atoms with E-state index in [2.05, 4.69) is 0 Å². The van der Waals surface area contributed by atoms with E-state index in [9.17, 15) is 0 Å². The number of aliphatic hydroxyl groups excluding tert-OH is 6. The fraction of sp³-hybridized carbons (Fsp3) is 1.00. The fourth-order valence-electron chi connectivity index (χ4n) is 0.671. The van der Waals surface area contributed by atoms with E-state index in [-0.39, 0.29) is 17.1 Å². The maximum absolute atomic E-state index is 8.96. The predicted molar refractivity (Wildman–Crippen MR) is 38.2 cm³/mol. The third-order valence-corrected chi connectivity index (χ3v) is 1.51. The molecule has 85 valence electrons. The van der Waals surface area contributed by atoms with Crippen LogP contribution in [-0.2, 0) is 17.1 Å². The van der Waals surface area contributed by atoms with Gasteiger partial charge in [-0.1, -0.05) is 0 Å². The Hall–Kier alpha value is 0.279. The largest absolute Gasteiger partial charge is 0.394 e. The van der Waals surface area contributed by atoms with Gasteiger partial charge in [-0.2, -0.15) is 0 Å². The van der Waals surface area contributed by atoms with Crippen LogP contribution in [0.2, 0.25) is 0 Å². The molecule has 0 rings (SSSR count). The molecule has 0 bridgehead atoms. The molecule has 6 nitrogen and oxygen atoms in total. The molecule has 4 atom stereocenters. The third kappa shape index (κ3) is 4.90. The molecule has 0 saturated heterocycles. The van der Waals surface area contributed by atoms with Crippen molar-refractivity contribution in [1.29, 1.82) is 0 Å². The minimum absolute atomic E-state index is 0. The van der Waals surface area contributed by atoms with Crippen molar-refractivity contribution in [3.8, 4) is 0 Å². The van der Waals surface area contributed by atoms with Gasteiger partial charge in [0.25, 0.3) is 0 Å². The molecule has 0 aromatic rings. The predicted octanol–water partition coefficient (Wildman–Crippen LogP) is -3.59. The van der Waals surface area contributed by atoms with Gasteiger partial charge >= 0.3 is 0 Å². The second-order valence-electron chi connectivity index (χ2n) is 2.48. The molecule has 1 radical (unpaired) electrons. The summed E-state index contributed by atoms with van der Waals surface area (Å²) < 4.78 is 0. The molecule has 0 aliphatic rings. The molecule has 0 aliphatic carbocycles. The Morgan fingerprint density at radius 1 is 0.692 bits per heavy atom.